The van der Waals surface area contributed by atoms with Crippen LogP contribution in [0.4, 0.5) is 10.5 Å². The first-order valence-corrected chi connectivity index (χ1v) is 8.36. The lowest BCUT2D eigenvalue weighted by Gasteiger charge is -2.36. The highest BCUT2D eigenvalue weighted by Crippen LogP contribution is 2.35. The number of anilines is 1. The summed E-state index contributed by atoms with van der Waals surface area (Å²) in [6.45, 7) is 10.0. The minimum Gasteiger partial charge on any atom is -0.494 e. The van der Waals surface area contributed by atoms with Gasteiger partial charge in [0.1, 0.15) is 11.4 Å². The molecule has 23 heavy (non-hydrogen) atoms. The molecule has 0 aliphatic carbocycles. The van der Waals surface area contributed by atoms with E-state index < -0.39 is 5.60 Å². The van der Waals surface area contributed by atoms with Crippen LogP contribution >= 0.6 is 0 Å². The van der Waals surface area contributed by atoms with Gasteiger partial charge in [0.2, 0.25) is 0 Å². The van der Waals surface area contributed by atoms with E-state index in [1.54, 1.807) is 0 Å². The van der Waals surface area contributed by atoms with E-state index >= 15 is 0 Å². The smallest absolute Gasteiger partial charge is 0.410 e. The Morgan fingerprint density at radius 1 is 1.17 bits per heavy atom. The van der Waals surface area contributed by atoms with Crippen molar-refractivity contribution in [2.75, 3.05) is 24.6 Å². The zero-order chi connectivity index (χ0) is 16.6. The summed E-state index contributed by atoms with van der Waals surface area (Å²) in [5, 5.41) is 0. The highest BCUT2D eigenvalue weighted by molar-refractivity contribution is 5.70. The van der Waals surface area contributed by atoms with Crippen molar-refractivity contribution in [3.63, 3.8) is 0 Å². The van der Waals surface area contributed by atoms with Crippen molar-refractivity contribution in [1.29, 1.82) is 0 Å². The molecule has 0 spiro atoms. The standard InChI is InChI=1S/C18H26N2O3/c1-5-22-16-8-6-13(7-9-16)19-11-15-10-14(19)12-20(15)17(21)23-18(2,3)4/h6-9,14-15H,5,10-12H2,1-4H3/t14-,15-/m0/s1. The zero-order valence-electron chi connectivity index (χ0n) is 14.4. The first-order valence-electron chi connectivity index (χ1n) is 8.36. The van der Waals surface area contributed by atoms with Gasteiger partial charge in [-0.2, -0.15) is 0 Å². The molecule has 2 bridgehead atoms. The van der Waals surface area contributed by atoms with Crippen LogP contribution < -0.4 is 9.64 Å². The molecule has 2 aliphatic rings. The third kappa shape index (κ3) is 3.38. The Hall–Kier alpha value is -1.91. The summed E-state index contributed by atoms with van der Waals surface area (Å²) in [5.74, 6) is 0.899. The maximum atomic E-state index is 12.3. The van der Waals surface area contributed by atoms with Gasteiger partial charge in [0.25, 0.3) is 0 Å². The number of amides is 1. The number of likely N-dealkylation sites (tertiary alicyclic amines) is 1. The van der Waals surface area contributed by atoms with Crippen LogP contribution in [0.1, 0.15) is 34.1 Å². The van der Waals surface area contributed by atoms with Gasteiger partial charge in [-0.05, 0) is 58.4 Å². The molecular formula is C18H26N2O3. The molecule has 0 radical (unpaired) electrons. The van der Waals surface area contributed by atoms with Crippen LogP contribution in [0.25, 0.3) is 0 Å². The van der Waals surface area contributed by atoms with Crippen LogP contribution in [0.5, 0.6) is 5.75 Å². The topological polar surface area (TPSA) is 42.0 Å². The fourth-order valence-corrected chi connectivity index (χ4v) is 3.43. The normalized spacial score (nSPS) is 23.3. The van der Waals surface area contributed by atoms with E-state index in [2.05, 4.69) is 17.0 Å². The van der Waals surface area contributed by atoms with Crippen LogP contribution in [0.2, 0.25) is 0 Å². The second-order valence-electron chi connectivity index (χ2n) is 7.26. The summed E-state index contributed by atoms with van der Waals surface area (Å²) in [4.78, 5) is 16.6. The van der Waals surface area contributed by atoms with E-state index in [0.717, 1.165) is 25.3 Å². The number of hydrogen-bond acceptors (Lipinski definition) is 4. The van der Waals surface area contributed by atoms with E-state index in [0.29, 0.717) is 12.6 Å². The van der Waals surface area contributed by atoms with E-state index in [9.17, 15) is 4.79 Å². The molecule has 126 valence electrons. The van der Waals surface area contributed by atoms with E-state index in [-0.39, 0.29) is 12.1 Å². The van der Waals surface area contributed by atoms with Gasteiger partial charge >= 0.3 is 6.09 Å². The first-order chi connectivity index (χ1) is 10.9. The number of nitrogens with zero attached hydrogens (tertiary/aromatic N) is 2. The summed E-state index contributed by atoms with van der Waals surface area (Å²) in [6, 6.07) is 8.85. The average Bonchev–Trinajstić information content (AvgIpc) is 3.07. The van der Waals surface area contributed by atoms with Gasteiger partial charge in [-0.15, -0.1) is 0 Å². The maximum Gasteiger partial charge on any atom is 0.410 e. The quantitative estimate of drug-likeness (QED) is 0.858. The predicted octanol–water partition coefficient (Wildman–Crippen LogP) is 3.28. The molecule has 2 aliphatic heterocycles. The molecule has 0 saturated carbocycles. The molecule has 5 heteroatoms. The molecule has 1 aromatic carbocycles. The molecule has 0 aromatic heterocycles. The van der Waals surface area contributed by atoms with Crippen molar-refractivity contribution in [2.24, 2.45) is 0 Å². The Balaban J connectivity index is 1.63. The highest BCUT2D eigenvalue weighted by Gasteiger charge is 2.46. The molecular weight excluding hydrogens is 292 g/mol. The third-order valence-corrected chi connectivity index (χ3v) is 4.35. The summed E-state index contributed by atoms with van der Waals surface area (Å²) in [5.41, 5.74) is 0.762. The molecule has 3 rings (SSSR count). The summed E-state index contributed by atoms with van der Waals surface area (Å²) >= 11 is 0. The van der Waals surface area contributed by atoms with Crippen molar-refractivity contribution < 1.29 is 14.3 Å². The molecule has 2 heterocycles. The predicted molar refractivity (Wildman–Crippen MR) is 90.1 cm³/mol. The Bertz CT molecular complexity index is 565. The van der Waals surface area contributed by atoms with Crippen molar-refractivity contribution in [3.05, 3.63) is 24.3 Å². The van der Waals surface area contributed by atoms with Gasteiger partial charge in [-0.25, -0.2) is 4.79 Å². The lowest BCUT2D eigenvalue weighted by Crippen LogP contribution is -2.50. The lowest BCUT2D eigenvalue weighted by molar-refractivity contribution is 0.0215. The van der Waals surface area contributed by atoms with E-state index in [1.807, 2.05) is 44.7 Å². The van der Waals surface area contributed by atoms with Gasteiger partial charge in [-0.3, -0.25) is 0 Å². The summed E-state index contributed by atoms with van der Waals surface area (Å²) in [6.07, 6.45) is 0.836. The molecule has 5 nitrogen and oxygen atoms in total. The largest absolute Gasteiger partial charge is 0.494 e. The van der Waals surface area contributed by atoms with Crippen LogP contribution in [0.3, 0.4) is 0 Å². The molecule has 0 N–H and O–H groups in total. The minimum atomic E-state index is -0.437. The highest BCUT2D eigenvalue weighted by atomic mass is 16.6. The molecule has 1 amide bonds. The fraction of sp³-hybridized carbons (Fsp3) is 0.611. The monoisotopic (exact) mass is 318 g/mol. The van der Waals surface area contributed by atoms with Crippen molar-refractivity contribution in [3.8, 4) is 5.75 Å². The average molecular weight is 318 g/mol. The summed E-state index contributed by atoms with van der Waals surface area (Å²) < 4.78 is 11.0. The number of ether oxygens (including phenoxy) is 2. The van der Waals surface area contributed by atoms with Gasteiger partial charge in [0.05, 0.1) is 12.6 Å². The van der Waals surface area contributed by atoms with Crippen LogP contribution in [-0.4, -0.2) is 48.4 Å². The number of rotatable bonds is 3. The Labute approximate surface area is 138 Å². The van der Waals surface area contributed by atoms with E-state index in [1.165, 1.54) is 5.69 Å². The maximum absolute atomic E-state index is 12.3. The number of benzene rings is 1. The van der Waals surface area contributed by atoms with Gasteiger partial charge in [0, 0.05) is 24.8 Å². The fourth-order valence-electron chi connectivity index (χ4n) is 3.43. The molecule has 0 unspecified atom stereocenters. The van der Waals surface area contributed by atoms with Gasteiger partial charge < -0.3 is 19.3 Å². The van der Waals surface area contributed by atoms with Gasteiger partial charge in [-0.1, -0.05) is 0 Å². The molecule has 2 fully saturated rings. The lowest BCUT2D eigenvalue weighted by atomic mass is 10.2. The van der Waals surface area contributed by atoms with E-state index in [4.69, 9.17) is 9.47 Å². The molecule has 2 atom stereocenters. The number of fused-ring (bicyclic) bond motifs is 2. The van der Waals surface area contributed by atoms with Crippen molar-refractivity contribution >= 4 is 11.8 Å². The number of carbonyl (C=O) groups is 1. The second kappa shape index (κ2) is 5.95. The Morgan fingerprint density at radius 2 is 1.87 bits per heavy atom. The third-order valence-electron chi connectivity index (χ3n) is 4.35. The zero-order valence-corrected chi connectivity index (χ0v) is 14.4. The number of hydrogen-bond donors (Lipinski definition) is 0. The Kier molecular flexibility index (Phi) is 4.13. The number of carbonyl (C=O) groups excluding carboxylic acids is 1. The molecule has 2 saturated heterocycles. The second-order valence-corrected chi connectivity index (χ2v) is 7.26. The first kappa shape index (κ1) is 16.0. The SMILES string of the molecule is CCOc1ccc(N2C[C@@H]3C[C@H]2CN3C(=O)OC(C)(C)C)cc1. The van der Waals surface area contributed by atoms with Crippen LogP contribution in [0, 0.1) is 0 Å². The minimum absolute atomic E-state index is 0.184. The van der Waals surface area contributed by atoms with Crippen LogP contribution in [-0.2, 0) is 4.74 Å². The number of piperazine rings is 1. The van der Waals surface area contributed by atoms with Crippen LogP contribution in [0.15, 0.2) is 24.3 Å². The van der Waals surface area contributed by atoms with Crippen molar-refractivity contribution in [1.82, 2.24) is 4.90 Å². The molecule has 1 aromatic rings. The summed E-state index contributed by atoms with van der Waals surface area (Å²) in [7, 11) is 0. The van der Waals surface area contributed by atoms with Crippen molar-refractivity contribution in [2.45, 2.75) is 51.8 Å². The van der Waals surface area contributed by atoms with Gasteiger partial charge in [0.15, 0.2) is 0 Å². The Morgan fingerprint density at radius 3 is 2.39 bits per heavy atom.